The molecule has 3 rings (SSSR count). The Hall–Kier alpha value is -2.02. The van der Waals surface area contributed by atoms with Gasteiger partial charge in [0.15, 0.2) is 0 Å². The number of hydrogen-bond acceptors (Lipinski definition) is 1. The van der Waals surface area contributed by atoms with E-state index in [1.54, 1.807) is 0 Å². The summed E-state index contributed by atoms with van der Waals surface area (Å²) in [6.07, 6.45) is 4.60. The number of rotatable bonds is 2. The third-order valence-electron chi connectivity index (χ3n) is 3.51. The quantitative estimate of drug-likeness (QED) is 0.743. The fourth-order valence-electron chi connectivity index (χ4n) is 2.53. The molecule has 19 heavy (non-hydrogen) atoms. The predicted octanol–water partition coefficient (Wildman–Crippen LogP) is 4.81. The summed E-state index contributed by atoms with van der Waals surface area (Å²) in [5.74, 6) is 0.987. The van der Waals surface area contributed by atoms with E-state index >= 15 is 0 Å². The normalized spacial score (nSPS) is 15.3. The van der Waals surface area contributed by atoms with Crippen molar-refractivity contribution >= 4 is 5.57 Å². The SMILES string of the molecule is CCC/C=C1/c2ccccc2COc2ccccc21. The standard InChI is InChI=1S/C18H18O/c1-2-3-9-16-15-10-5-4-8-14(15)13-19-18-12-7-6-11-17(16)18/h4-12H,2-3,13H2,1H3/b16-9-. The van der Waals surface area contributed by atoms with E-state index in [0.29, 0.717) is 6.61 Å². The van der Waals surface area contributed by atoms with Crippen LogP contribution in [-0.4, -0.2) is 0 Å². The molecule has 2 aromatic carbocycles. The van der Waals surface area contributed by atoms with Gasteiger partial charge in [-0.15, -0.1) is 0 Å². The molecule has 0 saturated carbocycles. The number of unbranched alkanes of at least 4 members (excludes halogenated alkanes) is 1. The summed E-state index contributed by atoms with van der Waals surface area (Å²) in [7, 11) is 0. The van der Waals surface area contributed by atoms with E-state index in [1.165, 1.54) is 22.3 Å². The highest BCUT2D eigenvalue weighted by molar-refractivity contribution is 5.84. The van der Waals surface area contributed by atoms with Gasteiger partial charge in [-0.2, -0.15) is 0 Å². The fraction of sp³-hybridized carbons (Fsp3) is 0.222. The average molecular weight is 250 g/mol. The van der Waals surface area contributed by atoms with E-state index in [0.717, 1.165) is 18.6 Å². The molecule has 0 unspecified atom stereocenters. The Morgan fingerprint density at radius 2 is 1.74 bits per heavy atom. The summed E-state index contributed by atoms with van der Waals surface area (Å²) in [6.45, 7) is 2.86. The van der Waals surface area contributed by atoms with E-state index in [4.69, 9.17) is 4.74 Å². The summed E-state index contributed by atoms with van der Waals surface area (Å²) >= 11 is 0. The number of allylic oxidation sites excluding steroid dienone is 1. The van der Waals surface area contributed by atoms with Crippen molar-refractivity contribution < 1.29 is 4.74 Å². The molecule has 1 heterocycles. The summed E-state index contributed by atoms with van der Waals surface area (Å²) < 4.78 is 5.94. The van der Waals surface area contributed by atoms with Crippen LogP contribution >= 0.6 is 0 Å². The molecule has 2 aromatic rings. The lowest BCUT2D eigenvalue weighted by Crippen LogP contribution is -1.94. The van der Waals surface area contributed by atoms with Gasteiger partial charge < -0.3 is 4.74 Å². The summed E-state index contributed by atoms with van der Waals surface area (Å²) in [5, 5.41) is 0. The Balaban J connectivity index is 2.19. The first-order chi connectivity index (χ1) is 9.40. The Bertz CT molecular complexity index is 561. The zero-order chi connectivity index (χ0) is 13.1. The van der Waals surface area contributed by atoms with Gasteiger partial charge in [-0.3, -0.25) is 0 Å². The second kappa shape index (κ2) is 5.31. The molecule has 0 fully saturated rings. The molecule has 0 atom stereocenters. The molecule has 0 bridgehead atoms. The van der Waals surface area contributed by atoms with Gasteiger partial charge in [-0.05, 0) is 29.2 Å². The number of para-hydroxylation sites is 1. The van der Waals surface area contributed by atoms with Gasteiger partial charge in [0.05, 0.1) is 0 Å². The number of hydrogen-bond donors (Lipinski definition) is 0. The molecule has 0 aromatic heterocycles. The van der Waals surface area contributed by atoms with Crippen molar-refractivity contribution in [3.05, 3.63) is 71.3 Å². The van der Waals surface area contributed by atoms with Crippen LogP contribution in [0.15, 0.2) is 54.6 Å². The van der Waals surface area contributed by atoms with Crippen molar-refractivity contribution in [2.45, 2.75) is 26.4 Å². The summed E-state index contributed by atoms with van der Waals surface area (Å²) in [5.41, 5.74) is 5.09. The Morgan fingerprint density at radius 1 is 1.00 bits per heavy atom. The predicted molar refractivity (Wildman–Crippen MR) is 79.2 cm³/mol. The first-order valence-electron chi connectivity index (χ1n) is 6.91. The average Bonchev–Trinajstić information content (AvgIpc) is 2.62. The van der Waals surface area contributed by atoms with Gasteiger partial charge in [-0.25, -0.2) is 0 Å². The minimum Gasteiger partial charge on any atom is -0.488 e. The van der Waals surface area contributed by atoms with Crippen molar-refractivity contribution in [2.75, 3.05) is 0 Å². The van der Waals surface area contributed by atoms with Gasteiger partial charge in [0.2, 0.25) is 0 Å². The molecule has 1 aliphatic rings. The van der Waals surface area contributed by atoms with Crippen LogP contribution in [0, 0.1) is 0 Å². The van der Waals surface area contributed by atoms with Crippen LogP contribution in [0.25, 0.3) is 5.57 Å². The topological polar surface area (TPSA) is 9.23 Å². The monoisotopic (exact) mass is 250 g/mol. The molecule has 0 radical (unpaired) electrons. The van der Waals surface area contributed by atoms with Gasteiger partial charge in [0.1, 0.15) is 12.4 Å². The first kappa shape index (κ1) is 12.0. The lowest BCUT2D eigenvalue weighted by atomic mass is 9.93. The lowest BCUT2D eigenvalue weighted by molar-refractivity contribution is 0.307. The van der Waals surface area contributed by atoms with Crippen LogP contribution < -0.4 is 4.74 Å². The van der Waals surface area contributed by atoms with Crippen molar-refractivity contribution in [3.63, 3.8) is 0 Å². The van der Waals surface area contributed by atoms with E-state index in [9.17, 15) is 0 Å². The van der Waals surface area contributed by atoms with Crippen LogP contribution in [0.3, 0.4) is 0 Å². The van der Waals surface area contributed by atoms with Crippen LogP contribution in [0.4, 0.5) is 0 Å². The highest BCUT2D eigenvalue weighted by atomic mass is 16.5. The smallest absolute Gasteiger partial charge is 0.127 e. The molecule has 0 N–H and O–H groups in total. The van der Waals surface area contributed by atoms with E-state index < -0.39 is 0 Å². The number of ether oxygens (including phenoxy) is 1. The van der Waals surface area contributed by atoms with Crippen molar-refractivity contribution in [1.82, 2.24) is 0 Å². The van der Waals surface area contributed by atoms with Gasteiger partial charge >= 0.3 is 0 Å². The lowest BCUT2D eigenvalue weighted by Gasteiger charge is -2.10. The molecule has 0 aliphatic carbocycles. The van der Waals surface area contributed by atoms with E-state index in [1.807, 2.05) is 6.07 Å². The zero-order valence-corrected chi connectivity index (χ0v) is 11.2. The molecule has 0 amide bonds. The van der Waals surface area contributed by atoms with E-state index in [-0.39, 0.29) is 0 Å². The molecule has 0 spiro atoms. The van der Waals surface area contributed by atoms with Gasteiger partial charge in [0, 0.05) is 5.56 Å². The van der Waals surface area contributed by atoms with Gasteiger partial charge in [-0.1, -0.05) is 61.9 Å². The Morgan fingerprint density at radius 3 is 2.58 bits per heavy atom. The van der Waals surface area contributed by atoms with Crippen LogP contribution in [0.1, 0.15) is 36.5 Å². The maximum absolute atomic E-state index is 5.94. The second-order valence-electron chi connectivity index (χ2n) is 4.85. The number of fused-ring (bicyclic) bond motifs is 2. The van der Waals surface area contributed by atoms with Crippen molar-refractivity contribution in [1.29, 1.82) is 0 Å². The molecule has 1 heteroatoms. The largest absolute Gasteiger partial charge is 0.488 e. The second-order valence-corrected chi connectivity index (χ2v) is 4.85. The summed E-state index contributed by atoms with van der Waals surface area (Å²) in [4.78, 5) is 0. The Labute approximate surface area is 114 Å². The third-order valence-corrected chi connectivity index (χ3v) is 3.51. The highest BCUT2D eigenvalue weighted by Gasteiger charge is 2.17. The molecule has 0 saturated heterocycles. The van der Waals surface area contributed by atoms with Crippen LogP contribution in [0.2, 0.25) is 0 Å². The fourth-order valence-corrected chi connectivity index (χ4v) is 2.53. The third kappa shape index (κ3) is 2.28. The minimum atomic E-state index is 0.649. The highest BCUT2D eigenvalue weighted by Crippen LogP contribution is 2.36. The summed E-state index contributed by atoms with van der Waals surface area (Å²) in [6, 6.07) is 16.9. The van der Waals surface area contributed by atoms with Crippen LogP contribution in [-0.2, 0) is 6.61 Å². The minimum absolute atomic E-state index is 0.649. The molecular formula is C18H18O. The number of benzene rings is 2. The van der Waals surface area contributed by atoms with Crippen LogP contribution in [0.5, 0.6) is 5.75 Å². The zero-order valence-electron chi connectivity index (χ0n) is 11.2. The molecular weight excluding hydrogens is 232 g/mol. The first-order valence-corrected chi connectivity index (χ1v) is 6.91. The molecule has 1 nitrogen and oxygen atoms in total. The molecule has 96 valence electrons. The van der Waals surface area contributed by atoms with Gasteiger partial charge in [0.25, 0.3) is 0 Å². The molecule has 1 aliphatic heterocycles. The van der Waals surface area contributed by atoms with Crippen molar-refractivity contribution in [3.8, 4) is 5.75 Å². The Kier molecular flexibility index (Phi) is 3.37. The van der Waals surface area contributed by atoms with E-state index in [2.05, 4.69) is 55.5 Å². The van der Waals surface area contributed by atoms with Crippen molar-refractivity contribution in [2.24, 2.45) is 0 Å². The maximum atomic E-state index is 5.94. The maximum Gasteiger partial charge on any atom is 0.127 e.